The zero-order valence-corrected chi connectivity index (χ0v) is 18.5. The summed E-state index contributed by atoms with van der Waals surface area (Å²) in [6.45, 7) is 2.34. The average Bonchev–Trinajstić information content (AvgIpc) is 2.75. The Morgan fingerprint density at radius 2 is 1.73 bits per heavy atom. The predicted molar refractivity (Wildman–Crippen MR) is 113 cm³/mol. The van der Waals surface area contributed by atoms with Gasteiger partial charge in [-0.2, -0.15) is 4.31 Å². The Hall–Kier alpha value is -2.14. The first-order valence-corrected chi connectivity index (χ1v) is 11.7. The Bertz CT molecular complexity index is 1050. The Labute approximate surface area is 183 Å². The van der Waals surface area contributed by atoms with E-state index in [1.165, 1.54) is 16.4 Å². The number of nitrogens with one attached hydrogen (secondary N) is 1. The minimum absolute atomic E-state index is 0.0949. The molecule has 2 heterocycles. The number of hydrogen-bond acceptors (Lipinski definition) is 6. The quantitative estimate of drug-likeness (QED) is 0.682. The molecule has 1 amide bonds. The molecule has 0 unspecified atom stereocenters. The van der Waals surface area contributed by atoms with Crippen LogP contribution >= 0.6 is 15.9 Å². The van der Waals surface area contributed by atoms with E-state index < -0.39 is 10.0 Å². The third-order valence-electron chi connectivity index (χ3n) is 4.79. The SMILES string of the molecule is O=C(Cc1cc2c(cc1Br)OCCO2)Nc1cccc(S(=O)(=O)N2CCOCC2)c1. The van der Waals surface area contributed by atoms with E-state index in [2.05, 4.69) is 21.2 Å². The van der Waals surface area contributed by atoms with Gasteiger partial charge in [0, 0.05) is 23.2 Å². The van der Waals surface area contributed by atoms with Crippen LogP contribution in [0.25, 0.3) is 0 Å². The van der Waals surface area contributed by atoms with Gasteiger partial charge in [-0.1, -0.05) is 22.0 Å². The summed E-state index contributed by atoms with van der Waals surface area (Å²) in [4.78, 5) is 12.7. The lowest BCUT2D eigenvalue weighted by Gasteiger charge is -2.26. The summed E-state index contributed by atoms with van der Waals surface area (Å²) in [5, 5.41) is 2.77. The maximum atomic E-state index is 12.8. The van der Waals surface area contributed by atoms with Crippen LogP contribution in [0, 0.1) is 0 Å². The van der Waals surface area contributed by atoms with Crippen molar-refractivity contribution in [1.29, 1.82) is 0 Å². The first-order chi connectivity index (χ1) is 14.4. The van der Waals surface area contributed by atoms with Crippen LogP contribution in [0.4, 0.5) is 5.69 Å². The zero-order valence-electron chi connectivity index (χ0n) is 16.1. The van der Waals surface area contributed by atoms with E-state index in [9.17, 15) is 13.2 Å². The minimum atomic E-state index is -3.63. The van der Waals surface area contributed by atoms with Crippen LogP contribution in [0.1, 0.15) is 5.56 Å². The zero-order chi connectivity index (χ0) is 21.1. The molecule has 1 fully saturated rings. The molecule has 10 heteroatoms. The Balaban J connectivity index is 1.47. The molecular weight excluding hydrogens is 476 g/mol. The molecule has 2 aliphatic rings. The number of ether oxygens (including phenoxy) is 3. The third-order valence-corrected chi connectivity index (χ3v) is 7.42. The van der Waals surface area contributed by atoms with Crippen molar-refractivity contribution in [2.24, 2.45) is 0 Å². The first-order valence-electron chi connectivity index (χ1n) is 9.49. The number of carbonyl (C=O) groups excluding carboxylic acids is 1. The third kappa shape index (κ3) is 4.61. The fourth-order valence-electron chi connectivity index (χ4n) is 3.29. The molecule has 0 saturated carbocycles. The van der Waals surface area contributed by atoms with E-state index in [0.29, 0.717) is 56.7 Å². The molecule has 0 aromatic heterocycles. The molecule has 0 spiro atoms. The number of nitrogens with zero attached hydrogens (tertiary/aromatic N) is 1. The second-order valence-electron chi connectivity index (χ2n) is 6.86. The van der Waals surface area contributed by atoms with Gasteiger partial charge in [-0.25, -0.2) is 8.42 Å². The van der Waals surface area contributed by atoms with Crippen LogP contribution in [-0.2, 0) is 26.0 Å². The standard InChI is InChI=1S/C20H21BrN2O6S/c21-17-13-19-18(28-8-9-29-19)10-14(17)11-20(24)22-15-2-1-3-16(12-15)30(25,26)23-4-6-27-7-5-23/h1-3,10,12-13H,4-9,11H2,(H,22,24). The summed E-state index contributed by atoms with van der Waals surface area (Å²) >= 11 is 3.46. The molecule has 0 atom stereocenters. The van der Waals surface area contributed by atoms with Crippen LogP contribution in [0.5, 0.6) is 11.5 Å². The molecule has 0 radical (unpaired) electrons. The van der Waals surface area contributed by atoms with Crippen LogP contribution in [0.15, 0.2) is 45.8 Å². The molecule has 2 aromatic carbocycles. The second kappa shape index (κ2) is 8.93. The van der Waals surface area contributed by atoms with Crippen molar-refractivity contribution in [2.75, 3.05) is 44.8 Å². The number of hydrogen-bond donors (Lipinski definition) is 1. The fourth-order valence-corrected chi connectivity index (χ4v) is 5.21. The van der Waals surface area contributed by atoms with E-state index in [-0.39, 0.29) is 17.2 Å². The lowest BCUT2D eigenvalue weighted by molar-refractivity contribution is -0.115. The van der Waals surface area contributed by atoms with E-state index in [4.69, 9.17) is 14.2 Å². The number of fused-ring (bicyclic) bond motifs is 1. The van der Waals surface area contributed by atoms with Crippen molar-refractivity contribution < 1.29 is 27.4 Å². The maximum Gasteiger partial charge on any atom is 0.243 e. The summed E-state index contributed by atoms with van der Waals surface area (Å²) < 4.78 is 44.1. The molecule has 2 aromatic rings. The highest BCUT2D eigenvalue weighted by molar-refractivity contribution is 9.10. The van der Waals surface area contributed by atoms with Crippen molar-refractivity contribution >= 4 is 37.5 Å². The van der Waals surface area contributed by atoms with Crippen molar-refractivity contribution in [1.82, 2.24) is 4.31 Å². The number of morpholine rings is 1. The number of anilines is 1. The number of carbonyl (C=O) groups is 1. The monoisotopic (exact) mass is 496 g/mol. The van der Waals surface area contributed by atoms with Crippen molar-refractivity contribution in [3.8, 4) is 11.5 Å². The van der Waals surface area contributed by atoms with Crippen LogP contribution in [-0.4, -0.2) is 58.1 Å². The van der Waals surface area contributed by atoms with Gasteiger partial charge >= 0.3 is 0 Å². The number of sulfonamides is 1. The van der Waals surface area contributed by atoms with E-state index >= 15 is 0 Å². The lowest BCUT2D eigenvalue weighted by Crippen LogP contribution is -2.40. The molecule has 160 valence electrons. The number of halogens is 1. The number of benzene rings is 2. The van der Waals surface area contributed by atoms with Gasteiger partial charge in [0.15, 0.2) is 11.5 Å². The molecule has 0 aliphatic carbocycles. The van der Waals surface area contributed by atoms with Crippen LogP contribution in [0.2, 0.25) is 0 Å². The van der Waals surface area contributed by atoms with Gasteiger partial charge in [0.25, 0.3) is 0 Å². The highest BCUT2D eigenvalue weighted by Crippen LogP contribution is 2.35. The number of rotatable bonds is 5. The number of amides is 1. The second-order valence-corrected chi connectivity index (χ2v) is 9.65. The molecule has 8 nitrogen and oxygen atoms in total. The average molecular weight is 497 g/mol. The molecule has 2 aliphatic heterocycles. The lowest BCUT2D eigenvalue weighted by atomic mass is 10.1. The topological polar surface area (TPSA) is 94.2 Å². The highest BCUT2D eigenvalue weighted by atomic mass is 79.9. The minimum Gasteiger partial charge on any atom is -0.486 e. The summed E-state index contributed by atoms with van der Waals surface area (Å²) in [5.74, 6) is 0.970. The van der Waals surface area contributed by atoms with Gasteiger partial charge in [0.1, 0.15) is 13.2 Å². The van der Waals surface area contributed by atoms with Gasteiger partial charge in [-0.15, -0.1) is 0 Å². The van der Waals surface area contributed by atoms with E-state index in [1.807, 2.05) is 0 Å². The Morgan fingerprint density at radius 1 is 1.03 bits per heavy atom. The Morgan fingerprint density at radius 3 is 2.47 bits per heavy atom. The molecule has 1 N–H and O–H groups in total. The summed E-state index contributed by atoms with van der Waals surface area (Å²) in [6.07, 6.45) is 0.0949. The van der Waals surface area contributed by atoms with Crippen molar-refractivity contribution in [2.45, 2.75) is 11.3 Å². The summed E-state index contributed by atoms with van der Waals surface area (Å²) in [5.41, 5.74) is 1.16. The predicted octanol–water partition coefficient (Wildman–Crippen LogP) is 2.42. The van der Waals surface area contributed by atoms with Gasteiger partial charge in [-0.05, 0) is 35.9 Å². The largest absolute Gasteiger partial charge is 0.486 e. The Kier molecular flexibility index (Phi) is 6.28. The first kappa shape index (κ1) is 21.1. The molecule has 1 saturated heterocycles. The van der Waals surface area contributed by atoms with Gasteiger partial charge in [0.2, 0.25) is 15.9 Å². The van der Waals surface area contributed by atoms with Crippen molar-refractivity contribution in [3.05, 3.63) is 46.4 Å². The van der Waals surface area contributed by atoms with Gasteiger partial charge < -0.3 is 19.5 Å². The molecule has 4 rings (SSSR count). The maximum absolute atomic E-state index is 12.8. The van der Waals surface area contributed by atoms with Crippen LogP contribution < -0.4 is 14.8 Å². The van der Waals surface area contributed by atoms with E-state index in [1.54, 1.807) is 24.3 Å². The molecule has 30 heavy (non-hydrogen) atoms. The summed E-state index contributed by atoms with van der Waals surface area (Å²) in [6, 6.07) is 9.83. The highest BCUT2D eigenvalue weighted by Gasteiger charge is 2.26. The fraction of sp³-hybridized carbons (Fsp3) is 0.350. The molecule has 0 bridgehead atoms. The summed E-state index contributed by atoms with van der Waals surface area (Å²) in [7, 11) is -3.63. The van der Waals surface area contributed by atoms with E-state index in [0.717, 1.165) is 10.0 Å². The smallest absolute Gasteiger partial charge is 0.243 e. The van der Waals surface area contributed by atoms with Gasteiger partial charge in [0.05, 0.1) is 24.5 Å². The molecular formula is C20H21BrN2O6S. The van der Waals surface area contributed by atoms with Gasteiger partial charge in [-0.3, -0.25) is 4.79 Å². The van der Waals surface area contributed by atoms with Crippen molar-refractivity contribution in [3.63, 3.8) is 0 Å². The van der Waals surface area contributed by atoms with Crippen LogP contribution in [0.3, 0.4) is 0 Å². The normalized spacial score (nSPS) is 16.8.